The van der Waals surface area contributed by atoms with Gasteiger partial charge in [-0.05, 0) is 11.8 Å². The van der Waals surface area contributed by atoms with Crippen LogP contribution in [0.3, 0.4) is 0 Å². The molecule has 0 saturated heterocycles. The van der Waals surface area contributed by atoms with E-state index in [1.807, 2.05) is 27.7 Å². The van der Waals surface area contributed by atoms with Crippen LogP contribution in [0, 0.1) is 5.41 Å². The van der Waals surface area contributed by atoms with Crippen LogP contribution < -0.4 is 11.1 Å². The van der Waals surface area contributed by atoms with Crippen molar-refractivity contribution in [1.29, 1.82) is 0 Å². The van der Waals surface area contributed by atoms with Crippen LogP contribution in [0.2, 0.25) is 0 Å². The van der Waals surface area contributed by atoms with Crippen molar-refractivity contribution in [3.05, 3.63) is 0 Å². The molecule has 0 bridgehead atoms. The molecule has 0 aliphatic carbocycles. The Bertz CT molecular complexity index is 233. The van der Waals surface area contributed by atoms with Gasteiger partial charge in [0.15, 0.2) is 0 Å². The van der Waals surface area contributed by atoms with Gasteiger partial charge in [-0.15, -0.1) is 0 Å². The van der Waals surface area contributed by atoms with Crippen LogP contribution in [0.25, 0.3) is 0 Å². The molecule has 0 spiro atoms. The average Bonchev–Trinajstić information content (AvgIpc) is 1.99. The molecule has 15 heavy (non-hydrogen) atoms. The van der Waals surface area contributed by atoms with Gasteiger partial charge in [-0.25, -0.2) is 0 Å². The highest BCUT2D eigenvalue weighted by Crippen LogP contribution is 2.18. The largest absolute Gasteiger partial charge is 0.392 e. The minimum atomic E-state index is -0.153. The van der Waals surface area contributed by atoms with Crippen molar-refractivity contribution in [2.24, 2.45) is 11.1 Å². The van der Waals surface area contributed by atoms with Crippen LogP contribution in [-0.4, -0.2) is 16.9 Å². The van der Waals surface area contributed by atoms with E-state index in [4.69, 9.17) is 18.0 Å². The van der Waals surface area contributed by atoms with Crippen molar-refractivity contribution >= 4 is 23.1 Å². The van der Waals surface area contributed by atoms with Crippen molar-refractivity contribution in [3.63, 3.8) is 0 Å². The molecule has 0 aliphatic rings. The SMILES string of the molecule is CCCC(NC(=O)CC(C)(C)C)C(N)=S. The third kappa shape index (κ3) is 7.31. The molecular formula is C11H22N2OS. The fourth-order valence-corrected chi connectivity index (χ4v) is 1.48. The lowest BCUT2D eigenvalue weighted by Gasteiger charge is -2.21. The normalized spacial score (nSPS) is 13.3. The van der Waals surface area contributed by atoms with Gasteiger partial charge in [-0.1, -0.05) is 46.3 Å². The Kier molecular flexibility index (Phi) is 5.80. The van der Waals surface area contributed by atoms with Crippen LogP contribution in [0.15, 0.2) is 0 Å². The maximum absolute atomic E-state index is 11.6. The number of thiocarbonyl (C=S) groups is 1. The molecule has 0 fully saturated rings. The molecule has 0 aliphatic heterocycles. The molecule has 0 aromatic heterocycles. The van der Waals surface area contributed by atoms with E-state index < -0.39 is 0 Å². The lowest BCUT2D eigenvalue weighted by atomic mass is 9.92. The maximum Gasteiger partial charge on any atom is 0.221 e. The van der Waals surface area contributed by atoms with Crippen LogP contribution in [0.5, 0.6) is 0 Å². The first-order valence-corrected chi connectivity index (χ1v) is 5.75. The lowest BCUT2D eigenvalue weighted by Crippen LogP contribution is -2.44. The van der Waals surface area contributed by atoms with Crippen molar-refractivity contribution in [2.75, 3.05) is 0 Å². The minimum Gasteiger partial charge on any atom is -0.392 e. The van der Waals surface area contributed by atoms with Crippen LogP contribution >= 0.6 is 12.2 Å². The first-order valence-electron chi connectivity index (χ1n) is 5.35. The summed E-state index contributed by atoms with van der Waals surface area (Å²) in [5.41, 5.74) is 5.55. The molecule has 1 amide bonds. The molecule has 1 atom stereocenters. The van der Waals surface area contributed by atoms with Crippen molar-refractivity contribution < 1.29 is 4.79 Å². The zero-order valence-electron chi connectivity index (χ0n) is 10.1. The standard InChI is InChI=1S/C11H22N2OS/c1-5-6-8(10(12)15)13-9(14)7-11(2,3)4/h8H,5-7H2,1-4H3,(H2,12,15)(H,13,14). The molecular weight excluding hydrogens is 208 g/mol. The van der Waals surface area contributed by atoms with E-state index in [9.17, 15) is 4.79 Å². The molecule has 1 unspecified atom stereocenters. The second-order valence-electron chi connectivity index (χ2n) is 5.05. The summed E-state index contributed by atoms with van der Waals surface area (Å²) < 4.78 is 0. The number of carbonyl (C=O) groups is 1. The van der Waals surface area contributed by atoms with E-state index in [0.29, 0.717) is 11.4 Å². The summed E-state index contributed by atoms with van der Waals surface area (Å²) in [7, 11) is 0. The highest BCUT2D eigenvalue weighted by Gasteiger charge is 2.19. The van der Waals surface area contributed by atoms with Crippen molar-refractivity contribution in [3.8, 4) is 0 Å². The summed E-state index contributed by atoms with van der Waals surface area (Å²) in [5.74, 6) is 0.0220. The quantitative estimate of drug-likeness (QED) is 0.710. The van der Waals surface area contributed by atoms with E-state index in [1.165, 1.54) is 0 Å². The van der Waals surface area contributed by atoms with Gasteiger partial charge in [0.2, 0.25) is 5.91 Å². The number of nitrogens with two attached hydrogens (primary N) is 1. The Morgan fingerprint density at radius 2 is 2.00 bits per heavy atom. The van der Waals surface area contributed by atoms with Crippen LogP contribution in [0.4, 0.5) is 0 Å². The summed E-state index contributed by atoms with van der Waals surface area (Å²) in [6.45, 7) is 8.13. The van der Waals surface area contributed by atoms with Crippen molar-refractivity contribution in [1.82, 2.24) is 5.32 Å². The van der Waals surface area contributed by atoms with Gasteiger partial charge in [-0.3, -0.25) is 4.79 Å². The van der Waals surface area contributed by atoms with Crippen LogP contribution in [0.1, 0.15) is 47.0 Å². The molecule has 0 aromatic rings. The molecule has 88 valence electrons. The monoisotopic (exact) mass is 230 g/mol. The molecule has 0 radical (unpaired) electrons. The Hall–Kier alpha value is -0.640. The molecule has 0 rings (SSSR count). The average molecular weight is 230 g/mol. The predicted molar refractivity (Wildman–Crippen MR) is 67.7 cm³/mol. The minimum absolute atomic E-state index is 0.00291. The Morgan fingerprint density at radius 1 is 1.47 bits per heavy atom. The summed E-state index contributed by atoms with van der Waals surface area (Å²) in [5, 5.41) is 2.87. The summed E-state index contributed by atoms with van der Waals surface area (Å²) in [4.78, 5) is 12.0. The fourth-order valence-electron chi connectivity index (χ4n) is 1.30. The van der Waals surface area contributed by atoms with Gasteiger partial charge in [-0.2, -0.15) is 0 Å². The van der Waals surface area contributed by atoms with Crippen molar-refractivity contribution in [2.45, 2.75) is 53.0 Å². The fraction of sp³-hybridized carbons (Fsp3) is 0.818. The number of nitrogens with one attached hydrogen (secondary N) is 1. The number of hydrogen-bond acceptors (Lipinski definition) is 2. The second-order valence-corrected chi connectivity index (χ2v) is 5.52. The molecule has 3 nitrogen and oxygen atoms in total. The molecule has 0 saturated carbocycles. The Balaban J connectivity index is 4.18. The van der Waals surface area contributed by atoms with Gasteiger partial charge in [0, 0.05) is 6.42 Å². The lowest BCUT2D eigenvalue weighted by molar-refractivity contribution is -0.123. The first kappa shape index (κ1) is 14.4. The van der Waals surface area contributed by atoms with E-state index in [0.717, 1.165) is 12.8 Å². The third-order valence-corrected chi connectivity index (χ3v) is 2.23. The summed E-state index contributed by atoms with van der Waals surface area (Å²) in [6, 6.07) is -0.153. The predicted octanol–water partition coefficient (Wildman–Crippen LogP) is 1.99. The number of rotatable bonds is 5. The third-order valence-electron chi connectivity index (χ3n) is 1.95. The van der Waals surface area contributed by atoms with E-state index in [1.54, 1.807) is 0 Å². The number of carbonyl (C=O) groups excluding carboxylic acids is 1. The number of amides is 1. The van der Waals surface area contributed by atoms with Crippen LogP contribution in [-0.2, 0) is 4.79 Å². The van der Waals surface area contributed by atoms with E-state index in [-0.39, 0.29) is 17.4 Å². The highest BCUT2D eigenvalue weighted by atomic mass is 32.1. The van der Waals surface area contributed by atoms with E-state index >= 15 is 0 Å². The van der Waals surface area contributed by atoms with Gasteiger partial charge < -0.3 is 11.1 Å². The van der Waals surface area contributed by atoms with Gasteiger partial charge >= 0.3 is 0 Å². The molecule has 0 aromatic carbocycles. The molecule has 4 heteroatoms. The molecule has 0 heterocycles. The topological polar surface area (TPSA) is 55.1 Å². The Morgan fingerprint density at radius 3 is 2.33 bits per heavy atom. The number of hydrogen-bond donors (Lipinski definition) is 2. The van der Waals surface area contributed by atoms with Gasteiger partial charge in [0.05, 0.1) is 11.0 Å². The smallest absolute Gasteiger partial charge is 0.221 e. The first-order chi connectivity index (χ1) is 6.76. The molecule has 3 N–H and O–H groups in total. The van der Waals surface area contributed by atoms with Gasteiger partial charge in [0.25, 0.3) is 0 Å². The zero-order chi connectivity index (χ0) is 12.1. The highest BCUT2D eigenvalue weighted by molar-refractivity contribution is 7.80. The van der Waals surface area contributed by atoms with E-state index in [2.05, 4.69) is 5.32 Å². The van der Waals surface area contributed by atoms with Gasteiger partial charge in [0.1, 0.15) is 0 Å². The summed E-state index contributed by atoms with van der Waals surface area (Å²) in [6.07, 6.45) is 2.26. The zero-order valence-corrected chi connectivity index (χ0v) is 10.9. The second kappa shape index (κ2) is 6.05. The summed E-state index contributed by atoms with van der Waals surface area (Å²) >= 11 is 4.91. The Labute approximate surface area is 97.8 Å². The maximum atomic E-state index is 11.6.